The van der Waals surface area contributed by atoms with Gasteiger partial charge in [0.25, 0.3) is 0 Å². The number of amides is 1. The number of carbonyl (C=O) groups excluding carboxylic acids is 2. The van der Waals surface area contributed by atoms with Crippen LogP contribution >= 0.6 is 0 Å². The van der Waals surface area contributed by atoms with Crippen LogP contribution in [0.2, 0.25) is 0 Å². The van der Waals surface area contributed by atoms with Crippen LogP contribution in [0.15, 0.2) is 12.2 Å². The summed E-state index contributed by atoms with van der Waals surface area (Å²) in [6, 6.07) is -0.540. The van der Waals surface area contributed by atoms with Gasteiger partial charge in [0.2, 0.25) is 5.91 Å². The van der Waals surface area contributed by atoms with E-state index in [0.29, 0.717) is 25.9 Å². The zero-order valence-electron chi connectivity index (χ0n) is 56.0. The van der Waals surface area contributed by atoms with Crippen LogP contribution in [0.1, 0.15) is 438 Å². The van der Waals surface area contributed by atoms with Gasteiger partial charge in [-0.05, 0) is 51.4 Å². The second-order valence-electron chi connectivity index (χ2n) is 26.3. The lowest BCUT2D eigenvalue weighted by molar-refractivity contribution is -0.143. The smallest absolute Gasteiger partial charge is 0.305 e. The molecular weight excluding hydrogens is 1010 g/mol. The Morgan fingerprint density at radius 2 is 0.573 bits per heavy atom. The molecule has 0 radical (unpaired) electrons. The molecule has 0 bridgehead atoms. The van der Waals surface area contributed by atoms with E-state index in [2.05, 4.69) is 31.3 Å². The highest BCUT2D eigenvalue weighted by Gasteiger charge is 2.20. The summed E-state index contributed by atoms with van der Waals surface area (Å²) in [6.45, 7) is 5.01. The summed E-state index contributed by atoms with van der Waals surface area (Å²) in [6.07, 6.45) is 90.0. The van der Waals surface area contributed by atoms with Crippen LogP contribution in [-0.2, 0) is 14.3 Å². The molecule has 0 aliphatic heterocycles. The van der Waals surface area contributed by atoms with Crippen LogP contribution < -0.4 is 5.32 Å². The minimum atomic E-state index is -0.663. The predicted octanol–water partition coefficient (Wildman–Crippen LogP) is 24.7. The number of aliphatic hydroxyl groups excluding tert-OH is 2. The van der Waals surface area contributed by atoms with E-state index in [9.17, 15) is 19.8 Å². The van der Waals surface area contributed by atoms with Gasteiger partial charge in [0.15, 0.2) is 0 Å². The van der Waals surface area contributed by atoms with Crippen LogP contribution in [0.4, 0.5) is 0 Å². The molecule has 0 saturated heterocycles. The van der Waals surface area contributed by atoms with E-state index in [4.69, 9.17) is 4.74 Å². The number of esters is 1. The zero-order valence-corrected chi connectivity index (χ0v) is 56.0. The molecule has 6 nitrogen and oxygen atoms in total. The SMILES string of the molecule is CCCCCCCCCCCCCCCCCCCCCC(O)C(CO)NC(=O)CCCCCCCCCCCCCCCC/C=C\CCCCCCCCCCCCCCOC(=O)CCCCCCCCCCCCCCCCCC. The molecule has 82 heavy (non-hydrogen) atoms. The van der Waals surface area contributed by atoms with Crippen LogP contribution in [-0.4, -0.2) is 47.4 Å². The summed E-state index contributed by atoms with van der Waals surface area (Å²) in [5.74, 6) is -0.00675. The quantitative estimate of drug-likeness (QED) is 0.0320. The maximum absolute atomic E-state index is 12.5. The van der Waals surface area contributed by atoms with Gasteiger partial charge in [-0.25, -0.2) is 0 Å². The minimum Gasteiger partial charge on any atom is -0.466 e. The highest BCUT2D eigenvalue weighted by Crippen LogP contribution is 2.20. The van der Waals surface area contributed by atoms with Gasteiger partial charge in [0.05, 0.1) is 25.4 Å². The number of allylic oxidation sites excluding steroid dienone is 2. The van der Waals surface area contributed by atoms with E-state index >= 15 is 0 Å². The van der Waals surface area contributed by atoms with Crippen molar-refractivity contribution in [3.8, 4) is 0 Å². The molecular formula is C76H149NO5. The molecule has 2 atom stereocenters. The van der Waals surface area contributed by atoms with Gasteiger partial charge in [-0.2, -0.15) is 0 Å². The Kier molecular flexibility index (Phi) is 70.8. The molecule has 0 spiro atoms. The van der Waals surface area contributed by atoms with Crippen molar-refractivity contribution in [3.05, 3.63) is 12.2 Å². The van der Waals surface area contributed by atoms with Crippen molar-refractivity contribution in [2.24, 2.45) is 0 Å². The Labute approximate surface area is 514 Å². The van der Waals surface area contributed by atoms with Crippen molar-refractivity contribution in [1.29, 1.82) is 0 Å². The average Bonchev–Trinajstić information content (AvgIpc) is 3.48. The Morgan fingerprint density at radius 3 is 0.866 bits per heavy atom. The van der Waals surface area contributed by atoms with E-state index in [-0.39, 0.29) is 18.5 Å². The average molecular weight is 1160 g/mol. The van der Waals surface area contributed by atoms with Crippen LogP contribution in [0.3, 0.4) is 0 Å². The molecule has 0 fully saturated rings. The summed E-state index contributed by atoms with van der Waals surface area (Å²) in [7, 11) is 0. The van der Waals surface area contributed by atoms with E-state index in [1.54, 1.807) is 0 Å². The van der Waals surface area contributed by atoms with E-state index in [1.165, 1.54) is 366 Å². The standard InChI is InChI=1S/C76H149NO5/c1-3-5-7-9-11-13-15-17-19-21-34-37-40-44-48-52-56-60-64-68-74(79)73(72-78)77-75(80)69-65-61-57-53-49-45-41-38-35-32-30-28-26-24-22-23-25-27-29-31-33-36-39-43-47-51-55-59-63-67-71-82-76(81)70-66-62-58-54-50-46-42-20-18-16-14-12-10-8-6-4-2/h23,25,73-74,78-79H,3-22,24,26-72H2,1-2H3,(H,77,80)/b25-23-. The minimum absolute atomic E-state index is 0.0218. The molecule has 0 aromatic carbocycles. The maximum Gasteiger partial charge on any atom is 0.305 e. The normalized spacial score (nSPS) is 12.5. The molecule has 2 unspecified atom stereocenters. The molecule has 1 amide bonds. The van der Waals surface area contributed by atoms with Gasteiger partial charge in [0.1, 0.15) is 0 Å². The van der Waals surface area contributed by atoms with Gasteiger partial charge < -0.3 is 20.3 Å². The van der Waals surface area contributed by atoms with E-state index < -0.39 is 12.1 Å². The lowest BCUT2D eigenvalue weighted by Crippen LogP contribution is -2.45. The Balaban J connectivity index is 3.35. The fourth-order valence-corrected chi connectivity index (χ4v) is 12.3. The molecule has 0 aromatic heterocycles. The number of rotatable bonds is 72. The highest BCUT2D eigenvalue weighted by molar-refractivity contribution is 5.76. The Hall–Kier alpha value is -1.40. The van der Waals surface area contributed by atoms with Gasteiger partial charge in [-0.1, -0.05) is 386 Å². The number of nitrogens with one attached hydrogen (secondary N) is 1. The number of ether oxygens (including phenoxy) is 1. The molecule has 3 N–H and O–H groups in total. The van der Waals surface area contributed by atoms with E-state index in [1.807, 2.05) is 0 Å². The van der Waals surface area contributed by atoms with Gasteiger partial charge in [-0.15, -0.1) is 0 Å². The van der Waals surface area contributed by atoms with Crippen LogP contribution in [0.5, 0.6) is 0 Å². The molecule has 6 heteroatoms. The Morgan fingerprint density at radius 1 is 0.329 bits per heavy atom. The highest BCUT2D eigenvalue weighted by atomic mass is 16.5. The number of hydrogen-bond donors (Lipinski definition) is 3. The molecule has 0 aromatic rings. The lowest BCUT2D eigenvalue weighted by atomic mass is 10.0. The maximum atomic E-state index is 12.5. The first-order valence-corrected chi connectivity index (χ1v) is 37.9. The fraction of sp³-hybridized carbons (Fsp3) is 0.947. The molecule has 0 aliphatic rings. The first-order valence-electron chi connectivity index (χ1n) is 37.9. The van der Waals surface area contributed by atoms with Crippen molar-refractivity contribution < 1.29 is 24.5 Å². The van der Waals surface area contributed by atoms with Crippen molar-refractivity contribution in [2.45, 2.75) is 450 Å². The summed E-state index contributed by atoms with van der Waals surface area (Å²) >= 11 is 0. The molecule has 488 valence electrons. The molecule has 0 saturated carbocycles. The molecule has 0 aliphatic carbocycles. The molecule has 0 heterocycles. The summed E-state index contributed by atoms with van der Waals surface area (Å²) < 4.78 is 5.51. The van der Waals surface area contributed by atoms with Crippen molar-refractivity contribution in [1.82, 2.24) is 5.32 Å². The monoisotopic (exact) mass is 1160 g/mol. The van der Waals surface area contributed by atoms with Gasteiger partial charge >= 0.3 is 5.97 Å². The van der Waals surface area contributed by atoms with E-state index in [0.717, 1.165) is 38.5 Å². The predicted molar refractivity (Wildman–Crippen MR) is 361 cm³/mol. The zero-order chi connectivity index (χ0) is 59.2. The summed E-state index contributed by atoms with van der Waals surface area (Å²) in [5.41, 5.74) is 0. The third-order valence-corrected chi connectivity index (χ3v) is 18.1. The fourth-order valence-electron chi connectivity index (χ4n) is 12.3. The third kappa shape index (κ3) is 67.7. The first kappa shape index (κ1) is 80.6. The lowest BCUT2D eigenvalue weighted by Gasteiger charge is -2.22. The molecule has 0 rings (SSSR count). The third-order valence-electron chi connectivity index (χ3n) is 18.1. The summed E-state index contributed by atoms with van der Waals surface area (Å²) in [5, 5.41) is 23.4. The van der Waals surface area contributed by atoms with Crippen molar-refractivity contribution >= 4 is 11.9 Å². The second kappa shape index (κ2) is 72.1. The van der Waals surface area contributed by atoms with Gasteiger partial charge in [0, 0.05) is 12.8 Å². The van der Waals surface area contributed by atoms with Crippen molar-refractivity contribution in [3.63, 3.8) is 0 Å². The van der Waals surface area contributed by atoms with Crippen LogP contribution in [0.25, 0.3) is 0 Å². The number of carbonyl (C=O) groups is 2. The number of hydrogen-bond acceptors (Lipinski definition) is 5. The number of aliphatic hydroxyl groups is 2. The summed E-state index contributed by atoms with van der Waals surface area (Å²) in [4.78, 5) is 24.6. The Bertz CT molecular complexity index is 1240. The topological polar surface area (TPSA) is 95.9 Å². The first-order chi connectivity index (χ1) is 40.5. The van der Waals surface area contributed by atoms with Crippen molar-refractivity contribution in [2.75, 3.05) is 13.2 Å². The largest absolute Gasteiger partial charge is 0.466 e. The van der Waals surface area contributed by atoms with Crippen LogP contribution in [0, 0.1) is 0 Å². The van der Waals surface area contributed by atoms with Gasteiger partial charge in [-0.3, -0.25) is 9.59 Å². The number of unbranched alkanes of at least 4 members (excludes halogenated alkanes) is 59. The second-order valence-corrected chi connectivity index (χ2v) is 26.3.